The predicted molar refractivity (Wildman–Crippen MR) is 221 cm³/mol. The highest BCUT2D eigenvalue weighted by molar-refractivity contribution is 5.94. The molecule has 6 atom stereocenters. The first kappa shape index (κ1) is 46.4. The number of esters is 2. The number of ether oxygens (including phenoxy) is 2. The predicted octanol–water partition coefficient (Wildman–Crippen LogP) is 5.98. The molecule has 0 radical (unpaired) electrons. The maximum absolute atomic E-state index is 14.6. The fourth-order valence-corrected chi connectivity index (χ4v) is 6.79. The number of hydrogen-bond acceptors (Lipinski definition) is 9. The number of benzene rings is 3. The fraction of sp³-hybridized carbons (Fsp3) is 0.500. The Hall–Kier alpha value is -5.03. The van der Waals surface area contributed by atoms with Gasteiger partial charge in [0, 0.05) is 45.2 Å². The Morgan fingerprint density at radius 1 is 0.632 bits per heavy atom. The molecule has 310 valence electrons. The van der Waals surface area contributed by atoms with E-state index >= 15 is 0 Å². The largest absolute Gasteiger partial charge is 0.508 e. The van der Waals surface area contributed by atoms with E-state index in [0.717, 1.165) is 22.3 Å². The Morgan fingerprint density at radius 3 is 1.51 bits per heavy atom. The van der Waals surface area contributed by atoms with E-state index in [1.54, 1.807) is 31.1 Å². The van der Waals surface area contributed by atoms with E-state index in [4.69, 9.17) is 9.47 Å². The van der Waals surface area contributed by atoms with E-state index in [1.807, 2.05) is 90.1 Å². The zero-order valence-corrected chi connectivity index (χ0v) is 35.7. The lowest BCUT2D eigenvalue weighted by atomic mass is 9.85. The van der Waals surface area contributed by atoms with Gasteiger partial charge in [0.25, 0.3) is 0 Å². The SMILES string of the molecule is CC[C@H](C)[C@@H](OC(=O)[C@H](Cc1ccc(C)cc1)N(C)C)C(=O)C[C@@H](C(=O)N(C)[C@H](Cc1ccc(O)cc1)C(=O)N(C)[C@H](Cc1ccc(C)cc1)C(=O)OC)C(C)C. The molecular weight excluding hydrogens is 723 g/mol. The number of amides is 2. The number of phenolic OH excluding ortho intramolecular Hbond substituents is 1. The van der Waals surface area contributed by atoms with Crippen LogP contribution in [0.3, 0.4) is 0 Å². The average molecular weight is 786 g/mol. The van der Waals surface area contributed by atoms with Gasteiger partial charge in [-0.3, -0.25) is 24.1 Å². The van der Waals surface area contributed by atoms with Crippen molar-refractivity contribution in [1.29, 1.82) is 0 Å². The van der Waals surface area contributed by atoms with Crippen molar-refractivity contribution < 1.29 is 38.6 Å². The third kappa shape index (κ3) is 13.0. The van der Waals surface area contributed by atoms with Crippen LogP contribution in [0, 0.1) is 31.6 Å². The highest BCUT2D eigenvalue weighted by Crippen LogP contribution is 2.26. The van der Waals surface area contributed by atoms with Crippen molar-refractivity contribution in [2.24, 2.45) is 17.8 Å². The highest BCUT2D eigenvalue weighted by Gasteiger charge is 2.40. The summed E-state index contributed by atoms with van der Waals surface area (Å²) in [5.74, 6) is -3.85. The van der Waals surface area contributed by atoms with Crippen LogP contribution in [0.5, 0.6) is 5.75 Å². The molecule has 0 saturated heterocycles. The molecule has 11 heteroatoms. The van der Waals surface area contributed by atoms with Gasteiger partial charge in [-0.15, -0.1) is 0 Å². The maximum Gasteiger partial charge on any atom is 0.328 e. The Kier molecular flexibility index (Phi) is 17.5. The number of phenols is 1. The number of likely N-dealkylation sites (N-methyl/N-ethyl adjacent to an activating group) is 3. The Morgan fingerprint density at radius 2 is 1.07 bits per heavy atom. The van der Waals surface area contributed by atoms with Gasteiger partial charge in [-0.1, -0.05) is 99.5 Å². The molecule has 2 amide bonds. The van der Waals surface area contributed by atoms with Crippen LogP contribution >= 0.6 is 0 Å². The summed E-state index contributed by atoms with van der Waals surface area (Å²) in [6.45, 7) is 11.4. The topological polar surface area (TPSA) is 134 Å². The number of aryl methyl sites for hydroxylation is 2. The van der Waals surface area contributed by atoms with Gasteiger partial charge >= 0.3 is 11.9 Å². The number of ketones is 1. The summed E-state index contributed by atoms with van der Waals surface area (Å²) in [5.41, 5.74) is 4.63. The molecule has 0 spiro atoms. The molecule has 0 aliphatic heterocycles. The van der Waals surface area contributed by atoms with Crippen LogP contribution in [0.2, 0.25) is 0 Å². The van der Waals surface area contributed by atoms with Crippen LogP contribution in [0.4, 0.5) is 0 Å². The minimum absolute atomic E-state index is 0.0500. The van der Waals surface area contributed by atoms with Crippen LogP contribution in [0.15, 0.2) is 72.8 Å². The first-order chi connectivity index (χ1) is 26.9. The molecule has 11 nitrogen and oxygen atoms in total. The molecule has 0 saturated carbocycles. The van der Waals surface area contributed by atoms with Crippen LogP contribution in [0.25, 0.3) is 0 Å². The Bertz CT molecular complexity index is 1790. The molecule has 0 unspecified atom stereocenters. The molecule has 0 fully saturated rings. The molecule has 3 rings (SSSR count). The molecule has 1 N–H and O–H groups in total. The number of methoxy groups -OCH3 is 1. The van der Waals surface area contributed by atoms with Gasteiger partial charge in [-0.25, -0.2) is 4.79 Å². The quantitative estimate of drug-likeness (QED) is 0.137. The minimum atomic E-state index is -1.08. The second-order valence-electron chi connectivity index (χ2n) is 15.9. The van der Waals surface area contributed by atoms with Crippen molar-refractivity contribution in [3.8, 4) is 5.75 Å². The van der Waals surface area contributed by atoms with E-state index in [-0.39, 0.29) is 42.6 Å². The monoisotopic (exact) mass is 785 g/mol. The van der Waals surface area contributed by atoms with Crippen molar-refractivity contribution in [3.05, 3.63) is 101 Å². The fourth-order valence-electron chi connectivity index (χ4n) is 6.79. The number of aromatic hydroxyl groups is 1. The molecule has 0 aromatic heterocycles. The van der Waals surface area contributed by atoms with Gasteiger partial charge in [0.15, 0.2) is 11.9 Å². The number of nitrogens with zero attached hydrogens (tertiary/aromatic N) is 3. The summed E-state index contributed by atoms with van der Waals surface area (Å²) in [7, 11) is 7.92. The van der Waals surface area contributed by atoms with E-state index in [2.05, 4.69) is 0 Å². The van der Waals surface area contributed by atoms with Crippen molar-refractivity contribution in [1.82, 2.24) is 14.7 Å². The van der Waals surface area contributed by atoms with E-state index < -0.39 is 53.9 Å². The maximum atomic E-state index is 14.6. The summed E-state index contributed by atoms with van der Waals surface area (Å²) in [6.07, 6.45) is -0.0562. The Labute approximate surface area is 339 Å². The first-order valence-corrected chi connectivity index (χ1v) is 19.8. The van der Waals surface area contributed by atoms with Gasteiger partial charge in [0.2, 0.25) is 11.8 Å². The summed E-state index contributed by atoms with van der Waals surface area (Å²) >= 11 is 0. The van der Waals surface area contributed by atoms with Crippen LogP contribution in [0.1, 0.15) is 68.4 Å². The zero-order chi connectivity index (χ0) is 42.6. The molecule has 0 heterocycles. The second-order valence-corrected chi connectivity index (χ2v) is 15.9. The van der Waals surface area contributed by atoms with Gasteiger partial charge < -0.3 is 24.4 Å². The lowest BCUT2D eigenvalue weighted by molar-refractivity contribution is -0.163. The van der Waals surface area contributed by atoms with Crippen LogP contribution in [-0.4, -0.2) is 109 Å². The number of hydrogen-bond donors (Lipinski definition) is 1. The van der Waals surface area contributed by atoms with Crippen molar-refractivity contribution >= 4 is 29.5 Å². The lowest BCUT2D eigenvalue weighted by Gasteiger charge is -2.36. The van der Waals surface area contributed by atoms with Crippen molar-refractivity contribution in [2.45, 2.75) is 97.9 Å². The van der Waals surface area contributed by atoms with Gasteiger partial charge in [-0.2, -0.15) is 0 Å². The van der Waals surface area contributed by atoms with Crippen molar-refractivity contribution in [3.63, 3.8) is 0 Å². The van der Waals surface area contributed by atoms with E-state index in [0.29, 0.717) is 18.4 Å². The summed E-state index contributed by atoms with van der Waals surface area (Å²) in [5, 5.41) is 9.95. The molecule has 57 heavy (non-hydrogen) atoms. The normalized spacial score (nSPS) is 14.5. The van der Waals surface area contributed by atoms with E-state index in [9.17, 15) is 29.1 Å². The minimum Gasteiger partial charge on any atom is -0.508 e. The number of carbonyl (C=O) groups is 5. The highest BCUT2D eigenvalue weighted by atomic mass is 16.5. The van der Waals surface area contributed by atoms with Gasteiger partial charge in [0.05, 0.1) is 7.11 Å². The number of Topliss-reactive ketones (excluding diaryl/α,β-unsaturated/α-hetero) is 1. The first-order valence-electron chi connectivity index (χ1n) is 19.8. The molecule has 0 aliphatic carbocycles. The molecular formula is C46H63N3O8. The smallest absolute Gasteiger partial charge is 0.328 e. The summed E-state index contributed by atoms with van der Waals surface area (Å²) < 4.78 is 11.2. The van der Waals surface area contributed by atoms with Gasteiger partial charge in [-0.05, 0) is 75.5 Å². The van der Waals surface area contributed by atoms with E-state index in [1.165, 1.54) is 43.1 Å². The molecule has 3 aromatic carbocycles. The third-order valence-corrected chi connectivity index (χ3v) is 11.0. The molecule has 0 aliphatic rings. The average Bonchev–Trinajstić information content (AvgIpc) is 3.19. The molecule has 3 aromatic rings. The second kappa shape index (κ2) is 21.5. The summed E-state index contributed by atoms with van der Waals surface area (Å²) in [4.78, 5) is 74.7. The standard InChI is InChI=1S/C46H63N3O8/c1-12-32(6)42(57-46(55)39(47(7)8)26-33-17-13-30(4)14-18-33)41(51)28-37(29(2)3)43(52)48(9)38(25-35-21-23-36(50)24-22-35)44(53)49(10)40(45(54)56-11)27-34-19-15-31(5)16-20-34/h13-24,29,32,37-40,42,50H,12,25-28H2,1-11H3/t32-,37+,38+,39-,40+,42+/m0/s1. The number of rotatable bonds is 20. The lowest BCUT2D eigenvalue weighted by Crippen LogP contribution is -2.55. The zero-order valence-electron chi connectivity index (χ0n) is 35.7. The van der Waals surface area contributed by atoms with Crippen molar-refractivity contribution in [2.75, 3.05) is 35.3 Å². The number of carbonyl (C=O) groups excluding carboxylic acids is 5. The van der Waals surface area contributed by atoms with Crippen LogP contribution < -0.4 is 0 Å². The Balaban J connectivity index is 1.93. The molecule has 0 bridgehead atoms. The summed E-state index contributed by atoms with van der Waals surface area (Å²) in [6, 6.07) is 19.2. The van der Waals surface area contributed by atoms with Crippen LogP contribution in [-0.2, 0) is 52.7 Å². The third-order valence-electron chi connectivity index (χ3n) is 11.0. The van der Waals surface area contributed by atoms with Gasteiger partial charge in [0.1, 0.15) is 23.9 Å².